The third-order valence-corrected chi connectivity index (χ3v) is 3.27. The quantitative estimate of drug-likeness (QED) is 0.915. The fraction of sp³-hybridized carbons (Fsp3) is 0.333. The van der Waals surface area contributed by atoms with Gasteiger partial charge in [-0.15, -0.1) is 0 Å². The van der Waals surface area contributed by atoms with Crippen LogP contribution < -0.4 is 5.32 Å². The van der Waals surface area contributed by atoms with Gasteiger partial charge in [-0.05, 0) is 32.2 Å². The SMILES string of the molecule is CNC(C)c1nc(-c2ccc(Br)cc2C(F)(F)F)no1. The number of aromatic nitrogens is 2. The van der Waals surface area contributed by atoms with Crippen LogP contribution in [0.1, 0.15) is 24.4 Å². The van der Waals surface area contributed by atoms with E-state index < -0.39 is 11.7 Å². The average Bonchev–Trinajstić information content (AvgIpc) is 2.86. The van der Waals surface area contributed by atoms with Crippen LogP contribution in [0.2, 0.25) is 0 Å². The molecule has 108 valence electrons. The van der Waals surface area contributed by atoms with Crippen molar-refractivity contribution in [2.75, 3.05) is 7.05 Å². The summed E-state index contributed by atoms with van der Waals surface area (Å²) in [6.45, 7) is 1.77. The molecule has 0 fully saturated rings. The van der Waals surface area contributed by atoms with Crippen molar-refractivity contribution in [3.05, 3.63) is 34.1 Å². The van der Waals surface area contributed by atoms with E-state index in [-0.39, 0.29) is 23.3 Å². The Kier molecular flexibility index (Phi) is 4.14. The van der Waals surface area contributed by atoms with Crippen molar-refractivity contribution in [1.29, 1.82) is 0 Å². The highest BCUT2D eigenvalue weighted by atomic mass is 79.9. The summed E-state index contributed by atoms with van der Waals surface area (Å²) in [5.41, 5.74) is -0.921. The van der Waals surface area contributed by atoms with Crippen LogP contribution in [0, 0.1) is 0 Å². The minimum Gasteiger partial charge on any atom is -0.337 e. The third kappa shape index (κ3) is 3.01. The highest BCUT2D eigenvalue weighted by Crippen LogP contribution is 2.37. The maximum atomic E-state index is 13.0. The van der Waals surface area contributed by atoms with Crippen LogP contribution in [0.15, 0.2) is 27.2 Å². The fourth-order valence-electron chi connectivity index (χ4n) is 1.59. The first-order valence-corrected chi connectivity index (χ1v) is 6.50. The molecule has 1 heterocycles. The summed E-state index contributed by atoms with van der Waals surface area (Å²) in [6, 6.07) is 3.57. The molecule has 0 radical (unpaired) electrons. The maximum Gasteiger partial charge on any atom is 0.417 e. The molecule has 1 unspecified atom stereocenters. The molecular weight excluding hydrogens is 339 g/mol. The topological polar surface area (TPSA) is 51.0 Å². The highest BCUT2D eigenvalue weighted by molar-refractivity contribution is 9.10. The molecule has 1 aromatic heterocycles. The molecule has 0 saturated heterocycles. The summed E-state index contributed by atoms with van der Waals surface area (Å²) in [5.74, 6) is 0.153. The van der Waals surface area contributed by atoms with E-state index in [1.807, 2.05) is 0 Å². The van der Waals surface area contributed by atoms with Crippen molar-refractivity contribution in [3.63, 3.8) is 0 Å². The Morgan fingerprint density at radius 1 is 1.35 bits per heavy atom. The van der Waals surface area contributed by atoms with E-state index in [1.54, 1.807) is 14.0 Å². The molecule has 0 amide bonds. The van der Waals surface area contributed by atoms with Gasteiger partial charge in [0.25, 0.3) is 0 Å². The Bertz CT molecular complexity index is 612. The van der Waals surface area contributed by atoms with E-state index in [1.165, 1.54) is 12.1 Å². The Balaban J connectivity index is 2.50. The van der Waals surface area contributed by atoms with E-state index in [0.29, 0.717) is 4.47 Å². The lowest BCUT2D eigenvalue weighted by molar-refractivity contribution is -0.137. The summed E-state index contributed by atoms with van der Waals surface area (Å²) in [7, 11) is 1.69. The summed E-state index contributed by atoms with van der Waals surface area (Å²) in [4.78, 5) is 4.00. The van der Waals surface area contributed by atoms with E-state index in [4.69, 9.17) is 4.52 Å². The van der Waals surface area contributed by atoms with Crippen molar-refractivity contribution in [3.8, 4) is 11.4 Å². The standard InChI is InChI=1S/C12H11BrF3N3O/c1-6(17-2)11-18-10(19-20-11)8-4-3-7(13)5-9(8)12(14,15)16/h3-6,17H,1-2H3. The predicted molar refractivity (Wildman–Crippen MR) is 69.9 cm³/mol. The number of halogens is 4. The molecule has 1 atom stereocenters. The zero-order valence-electron chi connectivity index (χ0n) is 10.6. The lowest BCUT2D eigenvalue weighted by atomic mass is 10.1. The van der Waals surface area contributed by atoms with E-state index >= 15 is 0 Å². The first kappa shape index (κ1) is 15.0. The van der Waals surface area contributed by atoms with Crippen LogP contribution in [-0.4, -0.2) is 17.2 Å². The minimum absolute atomic E-state index is 0.0816. The Morgan fingerprint density at radius 3 is 2.65 bits per heavy atom. The molecule has 0 aliphatic carbocycles. The molecule has 0 aliphatic rings. The van der Waals surface area contributed by atoms with E-state index in [0.717, 1.165) is 6.07 Å². The van der Waals surface area contributed by atoms with Crippen LogP contribution >= 0.6 is 15.9 Å². The van der Waals surface area contributed by atoms with Crippen LogP contribution in [0.25, 0.3) is 11.4 Å². The average molecular weight is 350 g/mol. The van der Waals surface area contributed by atoms with Crippen LogP contribution in [0.4, 0.5) is 13.2 Å². The van der Waals surface area contributed by atoms with Gasteiger partial charge in [0.15, 0.2) is 0 Å². The second-order valence-electron chi connectivity index (χ2n) is 4.15. The number of hydrogen-bond donors (Lipinski definition) is 1. The second kappa shape index (κ2) is 5.53. The highest BCUT2D eigenvalue weighted by Gasteiger charge is 2.35. The molecule has 1 aromatic carbocycles. The Labute approximate surface area is 121 Å². The number of hydrogen-bond acceptors (Lipinski definition) is 4. The van der Waals surface area contributed by atoms with Gasteiger partial charge >= 0.3 is 6.18 Å². The van der Waals surface area contributed by atoms with Gasteiger partial charge in [-0.25, -0.2) is 0 Å². The molecule has 8 heteroatoms. The Hall–Kier alpha value is -1.41. The van der Waals surface area contributed by atoms with Gasteiger partial charge in [0.2, 0.25) is 11.7 Å². The lowest BCUT2D eigenvalue weighted by Gasteiger charge is -2.10. The second-order valence-corrected chi connectivity index (χ2v) is 5.07. The number of alkyl halides is 3. The lowest BCUT2D eigenvalue weighted by Crippen LogP contribution is -2.12. The van der Waals surface area contributed by atoms with Crippen molar-refractivity contribution in [2.45, 2.75) is 19.1 Å². The largest absolute Gasteiger partial charge is 0.417 e. The normalized spacial score (nSPS) is 13.5. The summed E-state index contributed by atoms with van der Waals surface area (Å²) >= 11 is 3.03. The number of rotatable bonds is 3. The fourth-order valence-corrected chi connectivity index (χ4v) is 1.95. The molecule has 20 heavy (non-hydrogen) atoms. The smallest absolute Gasteiger partial charge is 0.337 e. The monoisotopic (exact) mass is 349 g/mol. The van der Waals surface area contributed by atoms with Crippen LogP contribution in [-0.2, 0) is 6.18 Å². The molecule has 2 rings (SSSR count). The maximum absolute atomic E-state index is 13.0. The minimum atomic E-state index is -4.49. The van der Waals surface area contributed by atoms with Crippen molar-refractivity contribution < 1.29 is 17.7 Å². The first-order chi connectivity index (χ1) is 9.32. The first-order valence-electron chi connectivity index (χ1n) is 5.71. The molecule has 0 spiro atoms. The predicted octanol–water partition coefficient (Wildman–Crippen LogP) is 3.80. The molecular formula is C12H11BrF3N3O. The van der Waals surface area contributed by atoms with Gasteiger partial charge in [0.05, 0.1) is 11.6 Å². The molecule has 0 bridgehead atoms. The van der Waals surface area contributed by atoms with Gasteiger partial charge in [0, 0.05) is 10.0 Å². The van der Waals surface area contributed by atoms with Crippen molar-refractivity contribution in [1.82, 2.24) is 15.5 Å². The van der Waals surface area contributed by atoms with Gasteiger partial charge in [-0.2, -0.15) is 18.2 Å². The third-order valence-electron chi connectivity index (χ3n) is 2.77. The number of benzene rings is 1. The van der Waals surface area contributed by atoms with Gasteiger partial charge in [-0.1, -0.05) is 21.1 Å². The number of nitrogens with one attached hydrogen (secondary N) is 1. The van der Waals surface area contributed by atoms with Crippen molar-refractivity contribution >= 4 is 15.9 Å². The zero-order chi connectivity index (χ0) is 14.9. The molecule has 4 nitrogen and oxygen atoms in total. The summed E-state index contributed by atoms with van der Waals surface area (Å²) in [6.07, 6.45) is -4.49. The van der Waals surface area contributed by atoms with Gasteiger partial charge < -0.3 is 9.84 Å². The number of nitrogens with zero attached hydrogens (tertiary/aromatic N) is 2. The van der Waals surface area contributed by atoms with E-state index in [9.17, 15) is 13.2 Å². The van der Waals surface area contributed by atoms with Gasteiger partial charge in [0.1, 0.15) is 0 Å². The van der Waals surface area contributed by atoms with Crippen molar-refractivity contribution in [2.24, 2.45) is 0 Å². The summed E-state index contributed by atoms with van der Waals surface area (Å²) < 4.78 is 44.4. The van der Waals surface area contributed by atoms with Crippen LogP contribution in [0.3, 0.4) is 0 Å². The molecule has 0 saturated carbocycles. The molecule has 1 N–H and O–H groups in total. The van der Waals surface area contributed by atoms with E-state index in [2.05, 4.69) is 31.4 Å². The van der Waals surface area contributed by atoms with Gasteiger partial charge in [-0.3, -0.25) is 0 Å². The summed E-state index contributed by atoms with van der Waals surface area (Å²) in [5, 5.41) is 6.49. The zero-order valence-corrected chi connectivity index (χ0v) is 12.2. The molecule has 0 aliphatic heterocycles. The van der Waals surface area contributed by atoms with Crippen LogP contribution in [0.5, 0.6) is 0 Å². The molecule has 2 aromatic rings. The Morgan fingerprint density at radius 2 is 2.05 bits per heavy atom.